The van der Waals surface area contributed by atoms with Gasteiger partial charge in [-0.3, -0.25) is 19.2 Å². The summed E-state index contributed by atoms with van der Waals surface area (Å²) in [6.45, 7) is 2.49. The van der Waals surface area contributed by atoms with Crippen LogP contribution in [0.4, 0.5) is 0 Å². The zero-order valence-electron chi connectivity index (χ0n) is 13.8. The number of nitrogens with zero attached hydrogens (tertiary/aromatic N) is 1. The SMILES string of the molecule is CC(=O)OC1=C(N2C(=O)CCC2=O)OC(C)(c2cccc(Cl)c2Cl)C1=O. The first kappa shape index (κ1) is 18.4. The third-order valence-electron chi connectivity index (χ3n) is 4.10. The largest absolute Gasteiger partial charge is 0.456 e. The molecule has 0 bridgehead atoms. The van der Waals surface area contributed by atoms with E-state index < -0.39 is 40.8 Å². The Balaban J connectivity index is 2.13. The number of hydrogen-bond acceptors (Lipinski definition) is 6. The maximum absolute atomic E-state index is 13.0. The van der Waals surface area contributed by atoms with Gasteiger partial charge in [0.1, 0.15) is 0 Å². The van der Waals surface area contributed by atoms with E-state index in [0.717, 1.165) is 11.8 Å². The van der Waals surface area contributed by atoms with Gasteiger partial charge in [0.2, 0.25) is 23.2 Å². The molecule has 0 aliphatic carbocycles. The lowest BCUT2D eigenvalue weighted by atomic mass is 9.91. The molecule has 1 saturated heterocycles. The van der Waals surface area contributed by atoms with Crippen LogP contribution in [-0.2, 0) is 34.3 Å². The average molecular weight is 398 g/mol. The first-order valence-corrected chi connectivity index (χ1v) is 8.39. The molecule has 1 fully saturated rings. The molecule has 1 aromatic carbocycles. The molecule has 0 aromatic heterocycles. The number of imide groups is 1. The second-order valence-electron chi connectivity index (χ2n) is 5.92. The van der Waals surface area contributed by atoms with E-state index >= 15 is 0 Å². The van der Waals surface area contributed by atoms with Crippen molar-refractivity contribution in [2.24, 2.45) is 0 Å². The molecule has 2 aliphatic rings. The van der Waals surface area contributed by atoms with E-state index in [1.807, 2.05) is 0 Å². The van der Waals surface area contributed by atoms with Crippen LogP contribution in [0, 0.1) is 0 Å². The van der Waals surface area contributed by atoms with E-state index in [-0.39, 0.29) is 28.5 Å². The molecular formula is C17H13Cl2NO6. The summed E-state index contributed by atoms with van der Waals surface area (Å²) in [4.78, 5) is 49.3. The number of carbonyl (C=O) groups excluding carboxylic acids is 4. The van der Waals surface area contributed by atoms with Gasteiger partial charge in [0.25, 0.3) is 11.7 Å². The number of Topliss-reactive ketones (excluding diaryl/α,β-unsaturated/α-hetero) is 1. The first-order valence-electron chi connectivity index (χ1n) is 7.63. The highest BCUT2D eigenvalue weighted by molar-refractivity contribution is 6.42. The summed E-state index contributed by atoms with van der Waals surface area (Å²) in [6, 6.07) is 4.63. The Morgan fingerprint density at radius 3 is 2.38 bits per heavy atom. The lowest BCUT2D eigenvalue weighted by molar-refractivity contribution is -0.144. The van der Waals surface area contributed by atoms with E-state index in [9.17, 15) is 19.2 Å². The summed E-state index contributed by atoms with van der Waals surface area (Å²) < 4.78 is 10.7. The molecule has 0 N–H and O–H groups in total. The number of likely N-dealkylation sites (tertiary alicyclic amines) is 1. The van der Waals surface area contributed by atoms with E-state index in [0.29, 0.717) is 0 Å². The Morgan fingerprint density at radius 1 is 1.19 bits per heavy atom. The van der Waals surface area contributed by atoms with Crippen molar-refractivity contribution in [2.75, 3.05) is 0 Å². The molecular weight excluding hydrogens is 385 g/mol. The standard InChI is InChI=1S/C17H13Cl2NO6/c1-8(21)25-14-15(24)17(2,9-4-3-5-10(18)13(9)19)26-16(14)20-11(22)6-7-12(20)23/h3-5H,6-7H2,1-2H3. The minimum atomic E-state index is -1.72. The minimum absolute atomic E-state index is 0.0259. The fraction of sp³-hybridized carbons (Fsp3) is 0.294. The molecule has 2 heterocycles. The molecule has 3 rings (SSSR count). The van der Waals surface area contributed by atoms with Crippen molar-refractivity contribution in [1.82, 2.24) is 4.90 Å². The molecule has 26 heavy (non-hydrogen) atoms. The number of ether oxygens (including phenoxy) is 2. The van der Waals surface area contributed by atoms with Crippen LogP contribution in [0.2, 0.25) is 10.0 Å². The van der Waals surface area contributed by atoms with Crippen molar-refractivity contribution >= 4 is 46.8 Å². The van der Waals surface area contributed by atoms with Crippen LogP contribution in [0.3, 0.4) is 0 Å². The van der Waals surface area contributed by atoms with Crippen molar-refractivity contribution in [3.63, 3.8) is 0 Å². The number of rotatable bonds is 3. The predicted molar refractivity (Wildman–Crippen MR) is 89.8 cm³/mol. The molecule has 0 radical (unpaired) electrons. The fourth-order valence-corrected chi connectivity index (χ4v) is 3.31. The number of carbonyl (C=O) groups is 4. The molecule has 1 atom stereocenters. The Labute approximate surface area is 158 Å². The topological polar surface area (TPSA) is 90.0 Å². The molecule has 0 saturated carbocycles. The first-order chi connectivity index (χ1) is 12.2. The van der Waals surface area contributed by atoms with Gasteiger partial charge in [0.05, 0.1) is 10.0 Å². The van der Waals surface area contributed by atoms with Crippen LogP contribution in [0.25, 0.3) is 0 Å². The summed E-state index contributed by atoms with van der Waals surface area (Å²) in [7, 11) is 0. The quantitative estimate of drug-likeness (QED) is 0.575. The molecule has 2 amide bonds. The van der Waals surface area contributed by atoms with E-state index in [1.54, 1.807) is 6.07 Å². The molecule has 136 valence electrons. The van der Waals surface area contributed by atoms with Crippen LogP contribution < -0.4 is 0 Å². The minimum Gasteiger partial charge on any atom is -0.456 e. The zero-order valence-corrected chi connectivity index (χ0v) is 15.3. The summed E-state index contributed by atoms with van der Waals surface area (Å²) in [6.07, 6.45) is -0.0518. The monoisotopic (exact) mass is 397 g/mol. The third-order valence-corrected chi connectivity index (χ3v) is 4.92. The fourth-order valence-electron chi connectivity index (χ4n) is 2.83. The van der Waals surface area contributed by atoms with Crippen molar-refractivity contribution in [2.45, 2.75) is 32.3 Å². The van der Waals surface area contributed by atoms with Crippen molar-refractivity contribution < 1.29 is 28.7 Å². The summed E-state index contributed by atoms with van der Waals surface area (Å²) >= 11 is 12.2. The normalized spacial score (nSPS) is 22.9. The van der Waals surface area contributed by atoms with Gasteiger partial charge in [0.15, 0.2) is 0 Å². The Morgan fingerprint density at radius 2 is 1.81 bits per heavy atom. The Bertz CT molecular complexity index is 877. The number of esters is 1. The van der Waals surface area contributed by atoms with E-state index in [1.165, 1.54) is 19.1 Å². The van der Waals surface area contributed by atoms with Gasteiger partial charge < -0.3 is 9.47 Å². The second-order valence-corrected chi connectivity index (χ2v) is 6.70. The molecule has 1 unspecified atom stereocenters. The summed E-state index contributed by atoms with van der Waals surface area (Å²) in [5.41, 5.74) is -1.50. The molecule has 7 nitrogen and oxygen atoms in total. The van der Waals surface area contributed by atoms with Crippen LogP contribution in [0.1, 0.15) is 32.3 Å². The highest BCUT2D eigenvalue weighted by atomic mass is 35.5. The van der Waals surface area contributed by atoms with Gasteiger partial charge in [-0.05, 0) is 13.0 Å². The van der Waals surface area contributed by atoms with Gasteiger partial charge in [0, 0.05) is 25.3 Å². The van der Waals surface area contributed by atoms with Crippen LogP contribution >= 0.6 is 23.2 Å². The number of amides is 2. The van der Waals surface area contributed by atoms with Crippen LogP contribution in [-0.4, -0.2) is 28.5 Å². The zero-order chi connectivity index (χ0) is 19.2. The highest BCUT2D eigenvalue weighted by Crippen LogP contribution is 2.45. The Kier molecular flexibility index (Phi) is 4.54. The lowest BCUT2D eigenvalue weighted by Crippen LogP contribution is -2.34. The molecule has 0 spiro atoms. The maximum atomic E-state index is 13.0. The lowest BCUT2D eigenvalue weighted by Gasteiger charge is -2.26. The van der Waals surface area contributed by atoms with Crippen molar-refractivity contribution in [3.8, 4) is 0 Å². The smallest absolute Gasteiger partial charge is 0.308 e. The summed E-state index contributed by atoms with van der Waals surface area (Å²) in [5.74, 6) is -3.57. The van der Waals surface area contributed by atoms with E-state index in [2.05, 4.69) is 0 Å². The van der Waals surface area contributed by atoms with Gasteiger partial charge in [-0.2, -0.15) is 0 Å². The van der Waals surface area contributed by atoms with Gasteiger partial charge in [-0.15, -0.1) is 0 Å². The van der Waals surface area contributed by atoms with Gasteiger partial charge in [-0.1, -0.05) is 35.3 Å². The van der Waals surface area contributed by atoms with Crippen molar-refractivity contribution in [1.29, 1.82) is 0 Å². The number of hydrogen-bond donors (Lipinski definition) is 0. The molecule has 1 aromatic rings. The van der Waals surface area contributed by atoms with E-state index in [4.69, 9.17) is 32.7 Å². The number of benzene rings is 1. The Hall–Kier alpha value is -2.38. The second kappa shape index (κ2) is 6.41. The maximum Gasteiger partial charge on any atom is 0.308 e. The number of halogens is 2. The van der Waals surface area contributed by atoms with Crippen LogP contribution in [0.5, 0.6) is 0 Å². The molecule has 9 heteroatoms. The third kappa shape index (κ3) is 2.77. The van der Waals surface area contributed by atoms with Gasteiger partial charge in [-0.25, -0.2) is 4.90 Å². The summed E-state index contributed by atoms with van der Waals surface area (Å²) in [5, 5.41) is 0.269. The van der Waals surface area contributed by atoms with Crippen molar-refractivity contribution in [3.05, 3.63) is 45.5 Å². The van der Waals surface area contributed by atoms with Crippen LogP contribution in [0.15, 0.2) is 29.8 Å². The van der Waals surface area contributed by atoms with Gasteiger partial charge >= 0.3 is 5.97 Å². The molecule has 2 aliphatic heterocycles. The highest BCUT2D eigenvalue weighted by Gasteiger charge is 2.54. The predicted octanol–water partition coefficient (Wildman–Crippen LogP) is 2.69. The average Bonchev–Trinajstić information content (AvgIpc) is 3.01. The number of ketones is 1.